The fraction of sp³-hybridized carbons (Fsp3) is 0.231. The second-order valence-corrected chi connectivity index (χ2v) is 4.64. The van der Waals surface area contributed by atoms with Gasteiger partial charge >= 0.3 is 0 Å². The van der Waals surface area contributed by atoms with E-state index in [1.54, 1.807) is 13.0 Å². The monoisotopic (exact) mass is 309 g/mol. The number of nitro benzene ring substituents is 1. The summed E-state index contributed by atoms with van der Waals surface area (Å²) in [6.07, 6.45) is 2.08. The molecule has 1 aromatic carbocycles. The lowest BCUT2D eigenvalue weighted by Gasteiger charge is -2.09. The quantitative estimate of drug-likeness (QED) is 0.324. The molecule has 0 aliphatic heterocycles. The fourth-order valence-corrected chi connectivity index (χ4v) is 1.54. The van der Waals surface area contributed by atoms with Crippen LogP contribution in [0.2, 0.25) is 0 Å². The molecular weight excluding hydrogens is 294 g/mol. The largest absolute Gasteiger partial charge is 0.392 e. The number of nitro groups is 1. The second-order valence-electron chi connectivity index (χ2n) is 4.23. The summed E-state index contributed by atoms with van der Waals surface area (Å²) in [5.74, 6) is -0.468. The number of amides is 1. The van der Waals surface area contributed by atoms with Gasteiger partial charge in [-0.15, -0.1) is 0 Å². The molecular formula is C13H15N3O4S. The Morgan fingerprint density at radius 2 is 2.29 bits per heavy atom. The molecule has 0 aliphatic rings. The molecule has 3 N–H and O–H groups in total. The zero-order valence-electron chi connectivity index (χ0n) is 11.3. The molecule has 1 atom stereocenters. The van der Waals surface area contributed by atoms with Gasteiger partial charge in [-0.05, 0) is 30.8 Å². The van der Waals surface area contributed by atoms with Crippen molar-refractivity contribution in [1.29, 1.82) is 0 Å². The lowest BCUT2D eigenvalue weighted by molar-refractivity contribution is -0.384. The lowest BCUT2D eigenvalue weighted by Crippen LogP contribution is -2.41. The number of nitrogens with one attached hydrogen (secondary N) is 2. The third kappa shape index (κ3) is 6.59. The first-order chi connectivity index (χ1) is 9.88. The minimum Gasteiger partial charge on any atom is -0.392 e. The van der Waals surface area contributed by atoms with Crippen LogP contribution < -0.4 is 10.6 Å². The lowest BCUT2D eigenvalue weighted by atomic mass is 10.2. The van der Waals surface area contributed by atoms with Gasteiger partial charge in [0, 0.05) is 24.8 Å². The number of hydrogen-bond donors (Lipinski definition) is 3. The van der Waals surface area contributed by atoms with Crippen molar-refractivity contribution in [2.75, 3.05) is 6.54 Å². The van der Waals surface area contributed by atoms with Crippen LogP contribution in [0.1, 0.15) is 12.5 Å². The summed E-state index contributed by atoms with van der Waals surface area (Å²) in [6, 6.07) is 5.89. The Balaban J connectivity index is 2.56. The van der Waals surface area contributed by atoms with Crippen LogP contribution in [-0.2, 0) is 4.79 Å². The number of nitrogens with zero attached hydrogens (tertiary/aromatic N) is 1. The molecule has 0 spiro atoms. The molecule has 1 unspecified atom stereocenters. The molecule has 0 fully saturated rings. The van der Waals surface area contributed by atoms with Gasteiger partial charge in [0.05, 0.1) is 11.0 Å². The van der Waals surface area contributed by atoms with Gasteiger partial charge in [0.1, 0.15) is 0 Å². The minimum absolute atomic E-state index is 0.0494. The Kier molecular flexibility index (Phi) is 6.44. The van der Waals surface area contributed by atoms with E-state index in [2.05, 4.69) is 10.6 Å². The van der Waals surface area contributed by atoms with Crippen molar-refractivity contribution < 1.29 is 14.8 Å². The van der Waals surface area contributed by atoms with E-state index in [4.69, 9.17) is 17.3 Å². The summed E-state index contributed by atoms with van der Waals surface area (Å²) in [5, 5.41) is 24.8. The smallest absolute Gasteiger partial charge is 0.270 e. The molecule has 1 amide bonds. The normalized spacial score (nSPS) is 11.9. The van der Waals surface area contributed by atoms with Crippen LogP contribution in [0, 0.1) is 10.1 Å². The summed E-state index contributed by atoms with van der Waals surface area (Å²) < 4.78 is 0. The Morgan fingerprint density at radius 3 is 2.90 bits per heavy atom. The highest BCUT2D eigenvalue weighted by molar-refractivity contribution is 7.80. The van der Waals surface area contributed by atoms with Crippen molar-refractivity contribution in [2.45, 2.75) is 13.0 Å². The molecule has 7 nitrogen and oxygen atoms in total. The van der Waals surface area contributed by atoms with Crippen molar-refractivity contribution in [3.05, 3.63) is 46.0 Å². The molecule has 0 bridgehead atoms. The summed E-state index contributed by atoms with van der Waals surface area (Å²) in [7, 11) is 0. The number of hydrogen-bond acceptors (Lipinski definition) is 5. The molecule has 0 heterocycles. The van der Waals surface area contributed by atoms with Crippen molar-refractivity contribution in [3.8, 4) is 0 Å². The highest BCUT2D eigenvalue weighted by Crippen LogP contribution is 2.13. The average Bonchev–Trinajstić information content (AvgIpc) is 2.43. The van der Waals surface area contributed by atoms with E-state index in [9.17, 15) is 14.9 Å². The van der Waals surface area contributed by atoms with Gasteiger partial charge in [0.25, 0.3) is 5.69 Å². The van der Waals surface area contributed by atoms with Gasteiger partial charge in [-0.25, -0.2) is 0 Å². The predicted octanol–water partition coefficient (Wildman–Crippen LogP) is 0.979. The standard InChI is InChI=1S/C13H15N3O4S/c1-9(17)8-14-13(21)15-12(18)6-5-10-3-2-4-11(7-10)16(19)20/h2-7,9,17H,8H2,1H3,(H2,14,15,18,21)/b6-5+. The van der Waals surface area contributed by atoms with Crippen LogP contribution in [-0.4, -0.2) is 33.7 Å². The Morgan fingerprint density at radius 1 is 1.57 bits per heavy atom. The van der Waals surface area contributed by atoms with Crippen LogP contribution in [0.3, 0.4) is 0 Å². The summed E-state index contributed by atoms with van der Waals surface area (Å²) in [6.45, 7) is 1.81. The van der Waals surface area contributed by atoms with Crippen molar-refractivity contribution in [2.24, 2.45) is 0 Å². The van der Waals surface area contributed by atoms with Gasteiger partial charge in [0.15, 0.2) is 5.11 Å². The first-order valence-corrected chi connectivity index (χ1v) is 6.48. The number of benzene rings is 1. The molecule has 8 heteroatoms. The van der Waals surface area contributed by atoms with E-state index in [1.807, 2.05) is 0 Å². The average molecular weight is 309 g/mol. The Labute approximate surface area is 126 Å². The minimum atomic E-state index is -0.583. The fourth-order valence-electron chi connectivity index (χ4n) is 1.35. The predicted molar refractivity (Wildman–Crippen MR) is 82.6 cm³/mol. The topological polar surface area (TPSA) is 104 Å². The third-order valence-electron chi connectivity index (χ3n) is 2.30. The maximum Gasteiger partial charge on any atom is 0.270 e. The van der Waals surface area contributed by atoms with E-state index in [0.29, 0.717) is 5.56 Å². The molecule has 0 radical (unpaired) electrons. The number of thiocarbonyl (C=S) groups is 1. The molecule has 21 heavy (non-hydrogen) atoms. The maximum atomic E-state index is 11.6. The summed E-state index contributed by atoms with van der Waals surface area (Å²) in [5.41, 5.74) is 0.480. The number of aliphatic hydroxyl groups excluding tert-OH is 1. The molecule has 0 aliphatic carbocycles. The number of carbonyl (C=O) groups excluding carboxylic acids is 1. The molecule has 1 aromatic rings. The van der Waals surface area contributed by atoms with Crippen LogP contribution in [0.4, 0.5) is 5.69 Å². The van der Waals surface area contributed by atoms with Crippen LogP contribution in [0.15, 0.2) is 30.3 Å². The van der Waals surface area contributed by atoms with Crippen LogP contribution >= 0.6 is 12.2 Å². The van der Waals surface area contributed by atoms with Crippen LogP contribution in [0.5, 0.6) is 0 Å². The highest BCUT2D eigenvalue weighted by Gasteiger charge is 2.05. The molecule has 0 aromatic heterocycles. The Bertz CT molecular complexity index is 572. The van der Waals surface area contributed by atoms with E-state index in [1.165, 1.54) is 30.4 Å². The van der Waals surface area contributed by atoms with Gasteiger partial charge in [-0.2, -0.15) is 0 Å². The first-order valence-electron chi connectivity index (χ1n) is 6.08. The van der Waals surface area contributed by atoms with Crippen molar-refractivity contribution in [3.63, 3.8) is 0 Å². The zero-order valence-corrected chi connectivity index (χ0v) is 12.1. The van der Waals surface area contributed by atoms with E-state index in [-0.39, 0.29) is 17.3 Å². The number of aliphatic hydroxyl groups is 1. The van der Waals surface area contributed by atoms with Gasteiger partial charge in [-0.1, -0.05) is 12.1 Å². The van der Waals surface area contributed by atoms with Crippen molar-refractivity contribution in [1.82, 2.24) is 10.6 Å². The molecule has 1 rings (SSSR count). The Hall–Kier alpha value is -2.32. The van der Waals surface area contributed by atoms with Crippen molar-refractivity contribution >= 4 is 35.0 Å². The highest BCUT2D eigenvalue weighted by atomic mass is 32.1. The third-order valence-corrected chi connectivity index (χ3v) is 2.55. The summed E-state index contributed by atoms with van der Waals surface area (Å²) >= 11 is 4.86. The number of non-ortho nitro benzene ring substituents is 1. The summed E-state index contributed by atoms with van der Waals surface area (Å²) in [4.78, 5) is 21.7. The first kappa shape index (κ1) is 16.7. The van der Waals surface area contributed by atoms with E-state index >= 15 is 0 Å². The maximum absolute atomic E-state index is 11.6. The van der Waals surface area contributed by atoms with Gasteiger partial charge in [0.2, 0.25) is 5.91 Å². The van der Waals surface area contributed by atoms with E-state index < -0.39 is 16.9 Å². The molecule has 0 saturated carbocycles. The molecule has 0 saturated heterocycles. The zero-order chi connectivity index (χ0) is 15.8. The van der Waals surface area contributed by atoms with Gasteiger partial charge < -0.3 is 10.4 Å². The number of rotatable bonds is 5. The SMILES string of the molecule is CC(O)CNC(=S)NC(=O)/C=C/c1cccc([N+](=O)[O-])c1. The van der Waals surface area contributed by atoms with E-state index in [0.717, 1.165) is 0 Å². The second kappa shape index (κ2) is 8.08. The van der Waals surface area contributed by atoms with Gasteiger partial charge in [-0.3, -0.25) is 20.2 Å². The number of carbonyl (C=O) groups is 1. The molecule has 112 valence electrons. The van der Waals surface area contributed by atoms with Crippen LogP contribution in [0.25, 0.3) is 6.08 Å².